The van der Waals surface area contributed by atoms with E-state index >= 15 is 0 Å². The molecular formula is C38H44CuN6O9S. The number of phenolic OH excluding ortho intramolecular Hbond substituents is 1. The number of hydrogen-bond donors (Lipinski definition) is 5. The summed E-state index contributed by atoms with van der Waals surface area (Å²) in [5.41, 5.74) is 11.7. The minimum absolute atomic E-state index is 0. The third kappa shape index (κ3) is 10.9. The van der Waals surface area contributed by atoms with Crippen molar-refractivity contribution in [3.8, 4) is 16.9 Å². The van der Waals surface area contributed by atoms with Gasteiger partial charge in [0.15, 0.2) is 11.5 Å². The van der Waals surface area contributed by atoms with Gasteiger partial charge in [-0.3, -0.25) is 33.6 Å². The quantitative estimate of drug-likeness (QED) is 0.0572. The third-order valence-electron chi connectivity index (χ3n) is 9.58. The molecule has 1 fully saturated rings. The molecule has 4 aromatic rings. The number of anilines is 1. The SMILES string of the molecule is Cc1cc(-c2ccc(N=Nc3ccc4c(S(=O)(=O)O)cc(C)c(N)c4c3O)c(C)c2)ccc1CC(=O)CN1CCN(CC(=O)O)CCN(CC(=O)O)CC1.[64Cu]. The van der Waals surface area contributed by atoms with Gasteiger partial charge in [0.2, 0.25) is 0 Å². The van der Waals surface area contributed by atoms with Gasteiger partial charge in [-0.2, -0.15) is 13.5 Å². The summed E-state index contributed by atoms with van der Waals surface area (Å²) in [7, 11) is -4.58. The molecule has 0 amide bonds. The number of benzene rings is 4. The number of nitrogens with zero attached hydrogens (tertiary/aromatic N) is 5. The van der Waals surface area contributed by atoms with E-state index in [0.717, 1.165) is 27.8 Å². The molecule has 1 radical (unpaired) electrons. The number of Topliss-reactive ketones (excluding diaryl/α,β-unsaturated/α-hetero) is 1. The summed E-state index contributed by atoms with van der Waals surface area (Å²) in [6, 6.07) is 15.5. The Bertz CT molecular complexity index is 2220. The smallest absolute Gasteiger partial charge is 0.317 e. The van der Waals surface area contributed by atoms with Crippen LogP contribution in [-0.2, 0) is 48.0 Å². The molecular weight excluding hydrogens is 780 g/mol. The zero-order valence-corrected chi connectivity index (χ0v) is 32.4. The summed E-state index contributed by atoms with van der Waals surface area (Å²) in [6.07, 6.45) is 0.211. The van der Waals surface area contributed by atoms with Gasteiger partial charge in [0.05, 0.1) is 30.7 Å². The Morgan fingerprint density at radius 2 is 1.20 bits per heavy atom. The topological polar surface area (TPSA) is 227 Å². The molecule has 1 heterocycles. The number of aliphatic carboxylic acids is 2. The molecule has 55 heavy (non-hydrogen) atoms. The van der Waals surface area contributed by atoms with E-state index in [1.165, 1.54) is 18.2 Å². The summed E-state index contributed by atoms with van der Waals surface area (Å²) in [5, 5.41) is 38.3. The minimum atomic E-state index is -4.58. The average Bonchev–Trinajstić information content (AvgIpc) is 3.17. The molecule has 0 aromatic heterocycles. The number of aromatic hydroxyl groups is 1. The number of fused-ring (bicyclic) bond motifs is 1. The number of ketones is 1. The van der Waals surface area contributed by atoms with E-state index in [-0.39, 0.29) is 81.7 Å². The van der Waals surface area contributed by atoms with Crippen LogP contribution in [0.1, 0.15) is 22.3 Å². The van der Waals surface area contributed by atoms with Gasteiger partial charge in [-0.15, -0.1) is 5.11 Å². The van der Waals surface area contributed by atoms with Gasteiger partial charge in [0.1, 0.15) is 10.6 Å². The van der Waals surface area contributed by atoms with E-state index in [1.807, 2.05) is 49.1 Å². The van der Waals surface area contributed by atoms with Gasteiger partial charge < -0.3 is 21.1 Å². The first-order valence-corrected chi connectivity index (χ1v) is 18.7. The van der Waals surface area contributed by atoms with Crippen LogP contribution in [0.5, 0.6) is 5.75 Å². The Hall–Kier alpha value is -4.74. The molecule has 1 saturated heterocycles. The van der Waals surface area contributed by atoms with Crippen molar-refractivity contribution in [2.24, 2.45) is 10.2 Å². The summed E-state index contributed by atoms with van der Waals surface area (Å²) in [4.78, 5) is 41.1. The predicted molar refractivity (Wildman–Crippen MR) is 203 cm³/mol. The molecule has 0 unspecified atom stereocenters. The van der Waals surface area contributed by atoms with Gasteiger partial charge in [0.25, 0.3) is 10.1 Å². The normalized spacial score (nSPS) is 15.0. The molecule has 0 atom stereocenters. The van der Waals surface area contributed by atoms with Crippen molar-refractivity contribution >= 4 is 55.7 Å². The Morgan fingerprint density at radius 1 is 0.709 bits per heavy atom. The molecule has 15 nitrogen and oxygen atoms in total. The van der Waals surface area contributed by atoms with Crippen molar-refractivity contribution in [2.75, 3.05) is 64.6 Å². The number of carbonyl (C=O) groups is 3. The fourth-order valence-electron chi connectivity index (χ4n) is 6.59. The van der Waals surface area contributed by atoms with Crippen LogP contribution in [0, 0.1) is 20.8 Å². The molecule has 1 aliphatic heterocycles. The Balaban J connectivity index is 0.00000673. The van der Waals surface area contributed by atoms with Crippen LogP contribution in [0.3, 0.4) is 0 Å². The van der Waals surface area contributed by atoms with Crippen molar-refractivity contribution in [3.05, 3.63) is 76.9 Å². The second-order valence-electron chi connectivity index (χ2n) is 13.6. The van der Waals surface area contributed by atoms with Crippen LogP contribution < -0.4 is 5.73 Å². The zero-order chi connectivity index (χ0) is 39.3. The number of carboxylic acids is 2. The standard InChI is InChI=1S/C38H44N6O9S.Cu/c1-23-16-27(5-4-26(23)19-29(45)20-42-10-12-43(21-34(46)47)14-15-44(13-11-42)22-35(48)49)28-6-8-31(24(2)17-28)40-41-32-9-7-30-33(54(51,52)53)18-25(3)37(39)36(30)38(32)50;/h4-9,16-18,50H,10-15,19-22,39H2,1-3H3,(H,46,47)(H,48,49)(H,51,52,53);/i;1+0. The van der Waals surface area contributed by atoms with Crippen LogP contribution in [0.25, 0.3) is 21.9 Å². The van der Waals surface area contributed by atoms with Crippen molar-refractivity contribution < 1.29 is 59.7 Å². The summed E-state index contributed by atoms with van der Waals surface area (Å²) < 4.78 is 33.6. The molecule has 6 N–H and O–H groups in total. The van der Waals surface area contributed by atoms with Gasteiger partial charge >= 0.3 is 11.9 Å². The maximum Gasteiger partial charge on any atom is 0.317 e. The molecule has 0 saturated carbocycles. The van der Waals surface area contributed by atoms with Gasteiger partial charge in [-0.1, -0.05) is 30.3 Å². The third-order valence-corrected chi connectivity index (χ3v) is 10.5. The van der Waals surface area contributed by atoms with Crippen LogP contribution in [-0.4, -0.2) is 120 Å². The molecule has 4 aromatic carbocycles. The first-order chi connectivity index (χ1) is 25.5. The summed E-state index contributed by atoms with van der Waals surface area (Å²) >= 11 is 0. The first kappa shape index (κ1) is 43.0. The molecule has 1 aliphatic rings. The number of azo groups is 1. The minimum Gasteiger partial charge on any atom is -0.505 e. The number of carboxylic acid groups (broad SMARTS) is 2. The van der Waals surface area contributed by atoms with E-state index in [1.54, 1.807) is 22.8 Å². The number of nitrogen functional groups attached to an aromatic ring is 1. The second-order valence-corrected chi connectivity index (χ2v) is 15.0. The molecule has 17 heteroatoms. The Kier molecular flexibility index (Phi) is 14.3. The Labute approximate surface area is 329 Å². The van der Waals surface area contributed by atoms with Crippen molar-refractivity contribution in [3.63, 3.8) is 0 Å². The van der Waals surface area contributed by atoms with Crippen LogP contribution in [0.15, 0.2) is 69.7 Å². The number of carbonyl (C=O) groups excluding carboxylic acids is 1. The summed E-state index contributed by atoms with van der Waals surface area (Å²) in [5.74, 6) is -2.29. The molecule has 0 spiro atoms. The number of aryl methyl sites for hydroxylation is 3. The number of phenols is 1. The van der Waals surface area contributed by atoms with E-state index in [2.05, 4.69) is 10.2 Å². The number of nitrogens with two attached hydrogens (primary N) is 1. The molecule has 5 rings (SSSR count). The van der Waals surface area contributed by atoms with Crippen molar-refractivity contribution in [1.29, 1.82) is 0 Å². The van der Waals surface area contributed by atoms with Crippen LogP contribution in [0.4, 0.5) is 17.1 Å². The zero-order valence-electron chi connectivity index (χ0n) is 30.6. The summed E-state index contributed by atoms with van der Waals surface area (Å²) in [6.45, 7) is 7.96. The maximum absolute atomic E-state index is 13.3. The molecule has 0 aliphatic carbocycles. The predicted octanol–water partition coefficient (Wildman–Crippen LogP) is 4.58. The fourth-order valence-corrected chi connectivity index (χ4v) is 7.36. The number of rotatable bonds is 12. The van der Waals surface area contributed by atoms with Gasteiger partial charge in [-0.25, -0.2) is 0 Å². The molecule has 0 bridgehead atoms. The first-order valence-electron chi connectivity index (χ1n) is 17.3. The van der Waals surface area contributed by atoms with Crippen LogP contribution in [0.2, 0.25) is 0 Å². The van der Waals surface area contributed by atoms with Gasteiger partial charge in [0, 0.05) is 73.8 Å². The average molecular weight is 825 g/mol. The Morgan fingerprint density at radius 3 is 1.71 bits per heavy atom. The van der Waals surface area contributed by atoms with E-state index in [4.69, 9.17) is 5.73 Å². The monoisotopic (exact) mass is 824 g/mol. The van der Waals surface area contributed by atoms with E-state index in [0.29, 0.717) is 50.5 Å². The van der Waals surface area contributed by atoms with Crippen molar-refractivity contribution in [2.45, 2.75) is 32.1 Å². The van der Waals surface area contributed by atoms with Crippen molar-refractivity contribution in [1.82, 2.24) is 14.7 Å². The van der Waals surface area contributed by atoms with E-state index < -0.39 is 22.1 Å². The maximum atomic E-state index is 13.3. The van der Waals surface area contributed by atoms with Gasteiger partial charge in [-0.05, 0) is 78.4 Å². The largest absolute Gasteiger partial charge is 0.505 e. The van der Waals surface area contributed by atoms with Crippen LogP contribution >= 0.6 is 0 Å². The second kappa shape index (κ2) is 18.3. The number of hydrogen-bond acceptors (Lipinski definition) is 12. The molecule has 297 valence electrons. The fraction of sp³-hybridized carbons (Fsp3) is 0.342. The van der Waals surface area contributed by atoms with E-state index in [9.17, 15) is 42.7 Å².